The Kier molecular flexibility index (Phi) is 3.27. The predicted octanol–water partition coefficient (Wildman–Crippen LogP) is 3.75. The Morgan fingerprint density at radius 3 is 1.94 bits per heavy atom. The molecular weight excluding hydrogens is 212 g/mol. The van der Waals surface area contributed by atoms with Crippen molar-refractivity contribution in [2.75, 3.05) is 0 Å². The third kappa shape index (κ3) is 2.23. The Morgan fingerprint density at radius 2 is 1.41 bits per heavy atom. The Hall–Kier alpha value is -1.64. The average molecular weight is 228 g/mol. The minimum absolute atomic E-state index is 0.824. The maximum atomic E-state index is 9.26. The molecule has 2 heteroatoms. The van der Waals surface area contributed by atoms with Gasteiger partial charge in [0.1, 0.15) is 0 Å². The molecule has 0 saturated heterocycles. The van der Waals surface area contributed by atoms with E-state index in [2.05, 4.69) is 0 Å². The lowest BCUT2D eigenvalue weighted by atomic mass is 9.88. The number of hydrogen-bond donors (Lipinski definition) is 1. The molecule has 0 aromatic heterocycles. The van der Waals surface area contributed by atoms with E-state index in [1.807, 2.05) is 68.4 Å². The van der Waals surface area contributed by atoms with Gasteiger partial charge in [-0.05, 0) is 25.0 Å². The first-order valence-corrected chi connectivity index (χ1v) is 5.62. The van der Waals surface area contributed by atoms with Crippen LogP contribution in [0.15, 0.2) is 54.6 Å². The van der Waals surface area contributed by atoms with Crippen molar-refractivity contribution in [3.63, 3.8) is 0 Å². The fourth-order valence-corrected chi connectivity index (χ4v) is 1.90. The Labute approximate surface area is 101 Å². The summed E-state index contributed by atoms with van der Waals surface area (Å²) in [4.78, 5) is 4.75. The fourth-order valence-electron chi connectivity index (χ4n) is 1.90. The zero-order valence-corrected chi connectivity index (χ0v) is 10.1. The monoisotopic (exact) mass is 228 g/mol. The van der Waals surface area contributed by atoms with E-state index in [-0.39, 0.29) is 0 Å². The second-order valence-electron chi connectivity index (χ2n) is 4.36. The van der Waals surface area contributed by atoms with Crippen molar-refractivity contribution in [3.8, 4) is 0 Å². The SMILES string of the molecule is Cc1ccc(C(C)(OO)c2ccccc2)cc1. The van der Waals surface area contributed by atoms with Crippen LogP contribution in [0.4, 0.5) is 0 Å². The number of hydrogen-bond acceptors (Lipinski definition) is 2. The van der Waals surface area contributed by atoms with Crippen molar-refractivity contribution in [1.82, 2.24) is 0 Å². The summed E-state index contributed by atoms with van der Waals surface area (Å²) in [5, 5.41) is 9.26. The quantitative estimate of drug-likeness (QED) is 0.640. The highest BCUT2D eigenvalue weighted by Crippen LogP contribution is 2.32. The van der Waals surface area contributed by atoms with E-state index in [0.29, 0.717) is 0 Å². The molecule has 0 aliphatic rings. The van der Waals surface area contributed by atoms with Crippen LogP contribution in [0.1, 0.15) is 23.6 Å². The van der Waals surface area contributed by atoms with Crippen molar-refractivity contribution in [2.45, 2.75) is 19.4 Å². The van der Waals surface area contributed by atoms with Crippen molar-refractivity contribution in [3.05, 3.63) is 71.3 Å². The maximum absolute atomic E-state index is 9.26. The number of benzene rings is 2. The molecule has 0 saturated carbocycles. The van der Waals surface area contributed by atoms with Crippen LogP contribution in [0.3, 0.4) is 0 Å². The topological polar surface area (TPSA) is 29.5 Å². The largest absolute Gasteiger partial charge is 0.251 e. The third-order valence-corrected chi connectivity index (χ3v) is 3.11. The van der Waals surface area contributed by atoms with Crippen LogP contribution in [0.2, 0.25) is 0 Å². The average Bonchev–Trinajstić information content (AvgIpc) is 2.40. The van der Waals surface area contributed by atoms with Gasteiger partial charge in [0.25, 0.3) is 0 Å². The molecule has 88 valence electrons. The van der Waals surface area contributed by atoms with Crippen LogP contribution in [0, 0.1) is 6.92 Å². The van der Waals surface area contributed by atoms with E-state index < -0.39 is 5.60 Å². The minimum atomic E-state index is -0.824. The van der Waals surface area contributed by atoms with Gasteiger partial charge in [-0.15, -0.1) is 0 Å². The van der Waals surface area contributed by atoms with Gasteiger partial charge in [0.05, 0.1) is 0 Å². The molecule has 1 atom stereocenters. The summed E-state index contributed by atoms with van der Waals surface area (Å²) in [5.74, 6) is 0. The van der Waals surface area contributed by atoms with Gasteiger partial charge in [-0.25, -0.2) is 4.89 Å². The first-order chi connectivity index (χ1) is 8.16. The molecule has 0 radical (unpaired) electrons. The van der Waals surface area contributed by atoms with Crippen molar-refractivity contribution < 1.29 is 10.1 Å². The van der Waals surface area contributed by atoms with Gasteiger partial charge >= 0.3 is 0 Å². The van der Waals surface area contributed by atoms with Crippen molar-refractivity contribution >= 4 is 0 Å². The van der Waals surface area contributed by atoms with Gasteiger partial charge < -0.3 is 0 Å². The van der Waals surface area contributed by atoms with Gasteiger partial charge in [-0.2, -0.15) is 0 Å². The molecule has 0 fully saturated rings. The van der Waals surface area contributed by atoms with Gasteiger partial charge in [-0.1, -0.05) is 60.2 Å². The zero-order valence-electron chi connectivity index (χ0n) is 10.1. The molecule has 1 unspecified atom stereocenters. The molecule has 2 nitrogen and oxygen atoms in total. The van der Waals surface area contributed by atoms with Crippen LogP contribution in [-0.4, -0.2) is 5.26 Å². The molecule has 0 amide bonds. The second kappa shape index (κ2) is 4.70. The predicted molar refractivity (Wildman–Crippen MR) is 67.8 cm³/mol. The molecule has 1 N–H and O–H groups in total. The zero-order chi connectivity index (χ0) is 12.3. The van der Waals surface area contributed by atoms with E-state index in [0.717, 1.165) is 11.1 Å². The van der Waals surface area contributed by atoms with E-state index in [1.165, 1.54) is 5.56 Å². The van der Waals surface area contributed by atoms with Crippen molar-refractivity contribution in [1.29, 1.82) is 0 Å². The molecule has 2 rings (SSSR count). The molecule has 17 heavy (non-hydrogen) atoms. The summed E-state index contributed by atoms with van der Waals surface area (Å²) in [6.07, 6.45) is 0. The summed E-state index contributed by atoms with van der Waals surface area (Å²) in [5.41, 5.74) is 2.21. The highest BCUT2D eigenvalue weighted by Gasteiger charge is 2.30. The lowest BCUT2D eigenvalue weighted by molar-refractivity contribution is -0.310. The molecule has 0 aliphatic carbocycles. The minimum Gasteiger partial charge on any atom is -0.251 e. The van der Waals surface area contributed by atoms with E-state index >= 15 is 0 Å². The highest BCUT2D eigenvalue weighted by molar-refractivity contribution is 5.36. The first-order valence-electron chi connectivity index (χ1n) is 5.62. The van der Waals surface area contributed by atoms with Crippen LogP contribution in [0.25, 0.3) is 0 Å². The Balaban J connectivity index is 2.48. The van der Waals surface area contributed by atoms with Crippen LogP contribution in [0.5, 0.6) is 0 Å². The number of rotatable bonds is 3. The second-order valence-corrected chi connectivity index (χ2v) is 4.36. The third-order valence-electron chi connectivity index (χ3n) is 3.11. The molecular formula is C15H16O2. The lowest BCUT2D eigenvalue weighted by Gasteiger charge is -2.27. The molecule has 0 aliphatic heterocycles. The normalized spacial score (nSPS) is 14.3. The molecule has 0 heterocycles. The standard InChI is InChI=1S/C15H16O2/c1-12-8-10-14(11-9-12)15(2,17-16)13-6-4-3-5-7-13/h3-11,16H,1-2H3. The van der Waals surface area contributed by atoms with E-state index in [9.17, 15) is 5.26 Å². The smallest absolute Gasteiger partial charge is 0.150 e. The summed E-state index contributed by atoms with van der Waals surface area (Å²) in [6, 6.07) is 17.6. The molecule has 0 spiro atoms. The molecule has 0 bridgehead atoms. The highest BCUT2D eigenvalue weighted by atomic mass is 17.1. The summed E-state index contributed by atoms with van der Waals surface area (Å²) in [7, 11) is 0. The van der Waals surface area contributed by atoms with Gasteiger partial charge in [0.2, 0.25) is 0 Å². The van der Waals surface area contributed by atoms with Crippen molar-refractivity contribution in [2.24, 2.45) is 0 Å². The molecule has 2 aromatic rings. The van der Waals surface area contributed by atoms with Crippen LogP contribution >= 0.6 is 0 Å². The maximum Gasteiger partial charge on any atom is 0.150 e. The van der Waals surface area contributed by atoms with E-state index in [4.69, 9.17) is 4.89 Å². The lowest BCUT2D eigenvalue weighted by Crippen LogP contribution is -2.26. The van der Waals surface area contributed by atoms with Gasteiger partial charge in [-0.3, -0.25) is 5.26 Å². The number of aryl methyl sites for hydroxylation is 1. The summed E-state index contributed by atoms with van der Waals surface area (Å²) >= 11 is 0. The summed E-state index contributed by atoms with van der Waals surface area (Å²) in [6.45, 7) is 3.89. The Morgan fingerprint density at radius 1 is 0.882 bits per heavy atom. The van der Waals surface area contributed by atoms with Crippen LogP contribution in [-0.2, 0) is 10.5 Å². The van der Waals surface area contributed by atoms with Gasteiger partial charge in [0.15, 0.2) is 5.60 Å². The Bertz CT molecular complexity index is 476. The molecule has 2 aromatic carbocycles. The van der Waals surface area contributed by atoms with E-state index in [1.54, 1.807) is 0 Å². The van der Waals surface area contributed by atoms with Gasteiger partial charge in [0, 0.05) is 0 Å². The summed E-state index contributed by atoms with van der Waals surface area (Å²) < 4.78 is 0. The van der Waals surface area contributed by atoms with Crippen LogP contribution < -0.4 is 0 Å². The fraction of sp³-hybridized carbons (Fsp3) is 0.200. The first kappa shape index (κ1) is 11.8.